The highest BCUT2D eigenvalue weighted by Gasteiger charge is 2.48. The molecule has 2 aromatic heterocycles. The number of ether oxygens (including phenoxy) is 4. The first-order valence-corrected chi connectivity index (χ1v) is 17.9. The van der Waals surface area contributed by atoms with E-state index in [4.69, 9.17) is 26.5 Å². The number of methoxy groups -OCH3 is 2. The predicted octanol–water partition coefficient (Wildman–Crippen LogP) is -4.11. The van der Waals surface area contributed by atoms with Gasteiger partial charge in [-0.1, -0.05) is 0 Å². The first-order valence-electron chi connectivity index (χ1n) is 13.3. The molecule has 10 atom stereocenters. The maximum Gasteiger partial charge on any atom is 0.478 e. The van der Waals surface area contributed by atoms with Gasteiger partial charge in [-0.15, -0.1) is 0 Å². The Bertz CT molecular complexity index is 1780. The number of H-pyrrole nitrogens is 2. The molecule has 0 amide bonds. The van der Waals surface area contributed by atoms with E-state index >= 15 is 0 Å². The number of nitrogens with one attached hydrogen (secondary N) is 2. The van der Waals surface area contributed by atoms with Gasteiger partial charge in [0.1, 0.15) is 36.6 Å². The SMILES string of the molecule is [B]P(=O)(OP(=O)(O)OC[C@H]1O[C@@H](n2cc(OC)c(=O)[nH]c2=O)[C@H](O)[C@@H]1O)OP(=O)(O)OC[C@H]1O[C@@H](n2cc(OC)c(=O)[nH]c2=O)[C@H](O)[C@@H]1O. The van der Waals surface area contributed by atoms with Crippen LogP contribution in [0.4, 0.5) is 0 Å². The maximum atomic E-state index is 12.5. The number of phosphoric acid groups is 2. The third-order valence-electron chi connectivity index (χ3n) is 6.77. The van der Waals surface area contributed by atoms with Crippen LogP contribution in [0.15, 0.2) is 31.6 Å². The average Bonchev–Trinajstić information content (AvgIpc) is 3.43. The molecule has 0 saturated carbocycles. The lowest BCUT2D eigenvalue weighted by Crippen LogP contribution is -2.38. The molecule has 49 heavy (non-hydrogen) atoms. The van der Waals surface area contributed by atoms with Gasteiger partial charge in [0, 0.05) is 0 Å². The molecule has 2 saturated heterocycles. The molecule has 2 aliphatic rings. The molecule has 2 aromatic rings. The van der Waals surface area contributed by atoms with Crippen molar-refractivity contribution in [1.82, 2.24) is 19.1 Å². The lowest BCUT2D eigenvalue weighted by molar-refractivity contribution is -0.0548. The Balaban J connectivity index is 1.34. The van der Waals surface area contributed by atoms with E-state index in [0.717, 1.165) is 26.6 Å². The van der Waals surface area contributed by atoms with Gasteiger partial charge >= 0.3 is 27.0 Å². The Kier molecular flexibility index (Phi) is 11.8. The molecule has 25 nitrogen and oxygen atoms in total. The van der Waals surface area contributed by atoms with Crippen LogP contribution in [0.1, 0.15) is 12.5 Å². The van der Waals surface area contributed by atoms with Crippen LogP contribution in [0.2, 0.25) is 0 Å². The van der Waals surface area contributed by atoms with Gasteiger partial charge in [-0.2, -0.15) is 0 Å². The number of aromatic nitrogens is 4. The highest BCUT2D eigenvalue weighted by molar-refractivity contribution is 7.86. The molecule has 272 valence electrons. The monoisotopic (exact) mass is 764 g/mol. The fourth-order valence-electron chi connectivity index (χ4n) is 4.48. The summed E-state index contributed by atoms with van der Waals surface area (Å²) in [4.78, 5) is 71.5. The molecule has 2 fully saturated rings. The van der Waals surface area contributed by atoms with Crippen LogP contribution in [0.5, 0.6) is 11.5 Å². The van der Waals surface area contributed by atoms with Gasteiger partial charge in [-0.3, -0.25) is 42.3 Å². The Morgan fingerprint density at radius 3 is 1.39 bits per heavy atom. The van der Waals surface area contributed by atoms with E-state index in [9.17, 15) is 63.1 Å². The summed E-state index contributed by atoms with van der Waals surface area (Å²) >= 11 is 0. The first-order chi connectivity index (χ1) is 22.7. The van der Waals surface area contributed by atoms with Gasteiger partial charge in [0.25, 0.3) is 18.6 Å². The third kappa shape index (κ3) is 8.94. The van der Waals surface area contributed by atoms with Crippen LogP contribution >= 0.6 is 23.1 Å². The minimum Gasteiger partial charge on any atom is -0.490 e. The van der Waals surface area contributed by atoms with Gasteiger partial charge in [0.2, 0.25) is 19.1 Å². The van der Waals surface area contributed by atoms with Crippen molar-refractivity contribution >= 4 is 30.7 Å². The summed E-state index contributed by atoms with van der Waals surface area (Å²) in [5, 5.41) is 41.3. The minimum absolute atomic E-state index is 0.376. The molecule has 2 aliphatic heterocycles. The number of aliphatic hydroxyl groups is 4. The van der Waals surface area contributed by atoms with Crippen molar-refractivity contribution in [1.29, 1.82) is 0 Å². The molecule has 8 N–H and O–H groups in total. The van der Waals surface area contributed by atoms with Crippen molar-refractivity contribution < 1.29 is 80.5 Å². The predicted molar refractivity (Wildman–Crippen MR) is 155 cm³/mol. The molecule has 0 bridgehead atoms. The van der Waals surface area contributed by atoms with E-state index in [-0.39, 0.29) is 11.5 Å². The summed E-state index contributed by atoms with van der Waals surface area (Å²) in [5.74, 6) is -0.752. The Morgan fingerprint density at radius 1 is 0.714 bits per heavy atom. The van der Waals surface area contributed by atoms with E-state index in [0.29, 0.717) is 9.13 Å². The summed E-state index contributed by atoms with van der Waals surface area (Å²) in [6.45, 7) is -2.23. The summed E-state index contributed by atoms with van der Waals surface area (Å²) < 4.78 is 76.2. The molecule has 29 heteroatoms. The van der Waals surface area contributed by atoms with Crippen molar-refractivity contribution in [3.05, 3.63) is 54.1 Å². The number of hydrogen-bond acceptors (Lipinski definition) is 19. The highest BCUT2D eigenvalue weighted by Crippen LogP contribution is 2.67. The topological polar surface area (TPSA) is 356 Å². The van der Waals surface area contributed by atoms with Crippen LogP contribution < -0.4 is 32.0 Å². The Hall–Kier alpha value is -2.77. The fraction of sp³-hybridized carbons (Fsp3) is 0.600. The van der Waals surface area contributed by atoms with Gasteiger partial charge in [-0.05, 0) is 0 Å². The van der Waals surface area contributed by atoms with E-state index in [2.05, 4.69) is 17.7 Å². The van der Waals surface area contributed by atoms with Crippen molar-refractivity contribution in [3.8, 4) is 11.5 Å². The second kappa shape index (κ2) is 14.8. The lowest BCUT2D eigenvalue weighted by Gasteiger charge is -2.23. The van der Waals surface area contributed by atoms with Crippen molar-refractivity contribution in [2.45, 2.75) is 49.1 Å². The van der Waals surface area contributed by atoms with Crippen LogP contribution in [0.25, 0.3) is 0 Å². The second-order valence-electron chi connectivity index (χ2n) is 10.1. The van der Waals surface area contributed by atoms with Gasteiger partial charge in [0.05, 0.1) is 39.8 Å². The summed E-state index contributed by atoms with van der Waals surface area (Å²) in [5.41, 5.74) is -4.02. The van der Waals surface area contributed by atoms with Crippen molar-refractivity contribution in [2.75, 3.05) is 27.4 Å². The third-order valence-corrected chi connectivity index (χ3v) is 11.2. The normalized spacial score (nSPS) is 30.7. The van der Waals surface area contributed by atoms with Crippen molar-refractivity contribution in [3.63, 3.8) is 0 Å². The first kappa shape index (κ1) is 39.0. The molecule has 2 radical (unpaired) electrons. The Labute approximate surface area is 272 Å². The smallest absolute Gasteiger partial charge is 0.478 e. The van der Waals surface area contributed by atoms with Crippen LogP contribution in [-0.2, 0) is 40.8 Å². The number of phosphoric ester groups is 2. The largest absolute Gasteiger partial charge is 0.490 e. The standard InChI is InChI=1S/C20H28BN4O21P3/c1-39-7-3-24(19(32)22-15(7)30)17-13(28)11(26)9(43-17)5-41-48(35,36)45-47(21,34)46-49(37,38)42-6-10-12(27)14(29)18(44-10)25-4-8(40-2)16(31)23-20(25)33/h3-4,9-14,17-18,26-29H,5-6H2,1-2H3,(H,35,36)(H,37,38)(H,22,30,32)(H,23,31,33)/t9-,10-,11-,12-,13-,14-,17-,18-/m1/s1. The molecule has 4 rings (SSSR count). The number of rotatable bonds is 14. The summed E-state index contributed by atoms with van der Waals surface area (Å²) in [7, 11) is -9.40. The second-order valence-corrected chi connectivity index (χ2v) is 14.8. The van der Waals surface area contributed by atoms with E-state index in [1.807, 2.05) is 9.97 Å². The molecule has 0 aromatic carbocycles. The van der Waals surface area contributed by atoms with Gasteiger partial charge in [0.15, 0.2) is 12.5 Å². The quantitative estimate of drug-likeness (QED) is 0.0669. The van der Waals surface area contributed by atoms with E-state index in [1.54, 1.807) is 0 Å². The Morgan fingerprint density at radius 2 is 1.06 bits per heavy atom. The van der Waals surface area contributed by atoms with Gasteiger partial charge < -0.3 is 49.2 Å². The number of aromatic amines is 2. The van der Waals surface area contributed by atoms with Crippen LogP contribution in [-0.4, -0.2) is 121 Å². The van der Waals surface area contributed by atoms with E-state index < -0.39 is 108 Å². The molecule has 2 unspecified atom stereocenters. The number of hydrogen-bond donors (Lipinski definition) is 8. The zero-order valence-electron chi connectivity index (χ0n) is 24.8. The number of aliphatic hydroxyl groups excluding tert-OH is 4. The molecular weight excluding hydrogens is 736 g/mol. The average molecular weight is 764 g/mol. The molecule has 0 spiro atoms. The van der Waals surface area contributed by atoms with Crippen molar-refractivity contribution in [2.24, 2.45) is 0 Å². The zero-order chi connectivity index (χ0) is 36.6. The fourth-order valence-corrected chi connectivity index (χ4v) is 8.22. The van der Waals surface area contributed by atoms with Crippen LogP contribution in [0.3, 0.4) is 0 Å². The molecule has 4 heterocycles. The van der Waals surface area contributed by atoms with Crippen LogP contribution in [0, 0.1) is 0 Å². The highest BCUT2D eigenvalue weighted by atomic mass is 31.3. The summed E-state index contributed by atoms with van der Waals surface area (Å²) in [6, 6.07) is 0. The van der Waals surface area contributed by atoms with E-state index in [1.165, 1.54) is 0 Å². The minimum atomic E-state index is -5.61. The maximum absolute atomic E-state index is 12.5. The summed E-state index contributed by atoms with van der Waals surface area (Å²) in [6.07, 6.45) is -12.5. The van der Waals surface area contributed by atoms with Gasteiger partial charge in [-0.25, -0.2) is 27.3 Å². The number of nitrogens with zero attached hydrogens (tertiary/aromatic N) is 2. The molecule has 0 aliphatic carbocycles. The zero-order valence-corrected chi connectivity index (χ0v) is 27.5. The molecular formula is C20H28BN4O21P3. The lowest BCUT2D eigenvalue weighted by atomic mass is 10.1.